The Morgan fingerprint density at radius 2 is 1.08 bits per heavy atom. The van der Waals surface area contributed by atoms with Crippen LogP contribution < -0.4 is 0 Å². The van der Waals surface area contributed by atoms with E-state index in [2.05, 4.69) is 61.7 Å². The Kier molecular flexibility index (Phi) is 3.31. The molecule has 4 aromatic carbocycles. The highest BCUT2D eigenvalue weighted by Crippen LogP contribution is 2.55. The van der Waals surface area contributed by atoms with Gasteiger partial charge in [0, 0.05) is 32.3 Å². The highest BCUT2D eigenvalue weighted by molar-refractivity contribution is 6.53. The third kappa shape index (κ3) is 1.92. The van der Waals surface area contributed by atoms with Gasteiger partial charge in [0.15, 0.2) is 0 Å². The van der Waals surface area contributed by atoms with Crippen molar-refractivity contribution in [1.29, 1.82) is 0 Å². The maximum absolute atomic E-state index is 6.53. The van der Waals surface area contributed by atoms with Crippen LogP contribution in [0.15, 0.2) is 73.8 Å². The van der Waals surface area contributed by atoms with Crippen molar-refractivity contribution in [2.24, 2.45) is 0 Å². The van der Waals surface area contributed by atoms with Gasteiger partial charge in [-0.1, -0.05) is 97.0 Å². The van der Waals surface area contributed by atoms with E-state index in [4.69, 9.17) is 23.2 Å². The molecule has 0 spiro atoms. The van der Waals surface area contributed by atoms with Crippen molar-refractivity contribution >= 4 is 54.8 Å². The summed E-state index contributed by atoms with van der Waals surface area (Å²) < 4.78 is 0. The van der Waals surface area contributed by atoms with Gasteiger partial charge in [-0.3, -0.25) is 0 Å². The van der Waals surface area contributed by atoms with Crippen molar-refractivity contribution in [2.45, 2.75) is 0 Å². The molecule has 1 aliphatic rings. The molecule has 0 amide bonds. The lowest BCUT2D eigenvalue weighted by atomic mass is 9.87. The Hall–Kier alpha value is -2.54. The van der Waals surface area contributed by atoms with Crippen LogP contribution in [0.25, 0.3) is 53.9 Å². The summed E-state index contributed by atoms with van der Waals surface area (Å²) >= 11 is 13.1. The number of rotatable bonds is 2. The zero-order valence-corrected chi connectivity index (χ0v) is 15.5. The van der Waals surface area contributed by atoms with Gasteiger partial charge in [0.1, 0.15) is 0 Å². The molecule has 4 aromatic rings. The first kappa shape index (κ1) is 15.7. The third-order valence-electron chi connectivity index (χ3n) is 5.20. The van der Waals surface area contributed by atoms with Crippen LogP contribution in [-0.2, 0) is 0 Å². The quantitative estimate of drug-likeness (QED) is 0.294. The van der Waals surface area contributed by atoms with Crippen molar-refractivity contribution in [3.05, 3.63) is 84.9 Å². The summed E-state index contributed by atoms with van der Waals surface area (Å²) in [5.41, 5.74) is 6.51. The zero-order chi connectivity index (χ0) is 18.0. The average molecular weight is 373 g/mol. The predicted molar refractivity (Wildman–Crippen MR) is 116 cm³/mol. The number of halogens is 2. The molecule has 2 heteroatoms. The van der Waals surface area contributed by atoms with Gasteiger partial charge in [0.05, 0.1) is 0 Å². The lowest BCUT2D eigenvalue weighted by molar-refractivity contribution is 1.66. The van der Waals surface area contributed by atoms with Gasteiger partial charge in [-0.05, 0) is 32.7 Å². The van der Waals surface area contributed by atoms with E-state index in [1.807, 2.05) is 12.1 Å². The minimum atomic E-state index is 0.536. The molecular formula is C24H14Cl2. The second-order valence-electron chi connectivity index (χ2n) is 6.56. The minimum Gasteiger partial charge on any atom is -0.0843 e. The topological polar surface area (TPSA) is 0 Å². The van der Waals surface area contributed by atoms with Crippen LogP contribution in [0.2, 0.25) is 0 Å². The largest absolute Gasteiger partial charge is 0.0843 e. The molecule has 5 rings (SSSR count). The minimum absolute atomic E-state index is 0.536. The van der Waals surface area contributed by atoms with Gasteiger partial charge in [0.25, 0.3) is 0 Å². The predicted octanol–water partition coefficient (Wildman–Crippen LogP) is 8.06. The lowest BCUT2D eigenvalue weighted by Crippen LogP contribution is -1.94. The van der Waals surface area contributed by atoms with E-state index in [1.54, 1.807) is 0 Å². The van der Waals surface area contributed by atoms with Crippen LogP contribution in [0.1, 0.15) is 11.1 Å². The first-order valence-electron chi connectivity index (χ1n) is 8.40. The molecule has 0 saturated heterocycles. The van der Waals surface area contributed by atoms with E-state index in [0.29, 0.717) is 10.1 Å². The fraction of sp³-hybridized carbons (Fsp3) is 0. The van der Waals surface area contributed by atoms with Crippen molar-refractivity contribution in [1.82, 2.24) is 0 Å². The molecular weight excluding hydrogens is 359 g/mol. The summed E-state index contributed by atoms with van der Waals surface area (Å²) in [6.45, 7) is 8.13. The number of hydrogen-bond donors (Lipinski definition) is 0. The first-order chi connectivity index (χ1) is 12.6. The summed E-state index contributed by atoms with van der Waals surface area (Å²) in [4.78, 5) is 0. The van der Waals surface area contributed by atoms with Gasteiger partial charge in [0.2, 0.25) is 0 Å². The molecule has 124 valence electrons. The molecule has 0 aliphatic heterocycles. The van der Waals surface area contributed by atoms with Gasteiger partial charge < -0.3 is 0 Å². The van der Waals surface area contributed by atoms with Crippen LogP contribution in [0.4, 0.5) is 0 Å². The van der Waals surface area contributed by atoms with E-state index < -0.39 is 0 Å². The fourth-order valence-electron chi connectivity index (χ4n) is 4.30. The first-order valence-corrected chi connectivity index (χ1v) is 9.16. The normalized spacial score (nSPS) is 11.8. The Labute approximate surface area is 162 Å². The second kappa shape index (κ2) is 5.48. The lowest BCUT2D eigenvalue weighted by Gasteiger charge is -2.18. The van der Waals surface area contributed by atoms with Crippen LogP contribution in [0.3, 0.4) is 0 Å². The highest BCUT2D eigenvalue weighted by Gasteiger charge is 2.30. The van der Waals surface area contributed by atoms with Crippen molar-refractivity contribution in [2.75, 3.05) is 0 Å². The Morgan fingerprint density at radius 3 is 1.50 bits per heavy atom. The Morgan fingerprint density at radius 1 is 0.615 bits per heavy atom. The molecule has 26 heavy (non-hydrogen) atoms. The van der Waals surface area contributed by atoms with Crippen LogP contribution in [0, 0.1) is 0 Å². The van der Waals surface area contributed by atoms with Crippen molar-refractivity contribution < 1.29 is 0 Å². The van der Waals surface area contributed by atoms with Crippen molar-refractivity contribution in [3.8, 4) is 22.3 Å². The molecule has 0 heterocycles. The van der Waals surface area contributed by atoms with Gasteiger partial charge in [-0.15, -0.1) is 0 Å². The number of hydrogen-bond acceptors (Lipinski definition) is 0. The molecule has 0 aromatic heterocycles. The highest BCUT2D eigenvalue weighted by atomic mass is 35.5. The Bertz CT molecular complexity index is 1180. The molecule has 0 fully saturated rings. The standard InChI is InChI=1S/C24H14Cl2/c1-13(25)20-16-9-3-4-10-17(16)21(14(2)26)24-19-12-6-8-15-7-5-11-18(22(15)19)23(20)24/h3-12H,1-2H2. The summed E-state index contributed by atoms with van der Waals surface area (Å²) in [5, 5.41) is 5.61. The number of fused-ring (bicyclic) bond motifs is 4. The van der Waals surface area contributed by atoms with Gasteiger partial charge in [-0.25, -0.2) is 0 Å². The van der Waals surface area contributed by atoms with E-state index in [9.17, 15) is 0 Å². The van der Waals surface area contributed by atoms with Crippen LogP contribution in [0.5, 0.6) is 0 Å². The van der Waals surface area contributed by atoms with E-state index >= 15 is 0 Å². The summed E-state index contributed by atoms with van der Waals surface area (Å²) in [6.07, 6.45) is 0. The maximum atomic E-state index is 6.53. The molecule has 0 saturated carbocycles. The summed E-state index contributed by atoms with van der Waals surface area (Å²) in [6, 6.07) is 20.9. The monoisotopic (exact) mass is 372 g/mol. The fourth-order valence-corrected chi connectivity index (χ4v) is 4.69. The van der Waals surface area contributed by atoms with Gasteiger partial charge in [-0.2, -0.15) is 0 Å². The van der Waals surface area contributed by atoms with E-state index in [0.717, 1.165) is 33.0 Å². The molecule has 0 unspecified atom stereocenters. The molecule has 0 atom stereocenters. The second-order valence-corrected chi connectivity index (χ2v) is 7.48. The van der Waals surface area contributed by atoms with Crippen LogP contribution >= 0.6 is 23.2 Å². The molecule has 0 bridgehead atoms. The third-order valence-corrected chi connectivity index (χ3v) is 5.58. The Balaban J connectivity index is 2.14. The molecule has 0 N–H and O–H groups in total. The molecule has 0 nitrogen and oxygen atoms in total. The van der Waals surface area contributed by atoms with Gasteiger partial charge >= 0.3 is 0 Å². The average Bonchev–Trinajstić information content (AvgIpc) is 2.95. The van der Waals surface area contributed by atoms with Crippen LogP contribution in [-0.4, -0.2) is 0 Å². The SMILES string of the molecule is C=C(Cl)c1c2c(c(C(=C)Cl)c3ccccc13)-c1cccc3cccc-2c13. The maximum Gasteiger partial charge on any atom is 0.0419 e. The number of benzene rings is 4. The summed E-state index contributed by atoms with van der Waals surface area (Å²) in [5.74, 6) is 0. The smallest absolute Gasteiger partial charge is 0.0419 e. The van der Waals surface area contributed by atoms with Crippen molar-refractivity contribution in [3.63, 3.8) is 0 Å². The molecule has 0 radical (unpaired) electrons. The molecule has 1 aliphatic carbocycles. The summed E-state index contributed by atoms with van der Waals surface area (Å²) in [7, 11) is 0. The van der Waals surface area contributed by atoms with E-state index in [-0.39, 0.29) is 0 Å². The zero-order valence-electron chi connectivity index (χ0n) is 13.9. The van der Waals surface area contributed by atoms with E-state index in [1.165, 1.54) is 21.9 Å².